The zero-order chi connectivity index (χ0) is 20.1. The molecule has 1 heterocycles. The average Bonchev–Trinajstić information content (AvgIpc) is 3.06. The molecule has 0 bridgehead atoms. The van der Waals surface area contributed by atoms with Gasteiger partial charge in [-0.05, 0) is 47.2 Å². The second-order valence-corrected chi connectivity index (χ2v) is 6.89. The lowest BCUT2D eigenvalue weighted by Crippen LogP contribution is -2.18. The van der Waals surface area contributed by atoms with Gasteiger partial charge in [0.05, 0.1) is 18.2 Å². The molecule has 0 spiro atoms. The third-order valence-electron chi connectivity index (χ3n) is 3.72. The summed E-state index contributed by atoms with van der Waals surface area (Å²) >= 11 is 9.58. The lowest BCUT2D eigenvalue weighted by molar-refractivity contribution is 0.269. The third-order valence-corrected chi connectivity index (χ3v) is 4.81. The maximum atomic E-state index is 13.2. The number of halogens is 3. The zero-order valence-electron chi connectivity index (χ0n) is 14.8. The van der Waals surface area contributed by atoms with Crippen LogP contribution in [0.3, 0.4) is 0 Å². The molecule has 148 valence electrons. The van der Waals surface area contributed by atoms with E-state index in [-0.39, 0.29) is 12.6 Å². The van der Waals surface area contributed by atoms with Crippen LogP contribution in [0.1, 0.15) is 18.1 Å². The molecule has 0 saturated carbocycles. The Kier molecular flexibility index (Phi) is 6.53. The van der Waals surface area contributed by atoms with Crippen LogP contribution in [-0.2, 0) is 13.2 Å². The van der Waals surface area contributed by atoms with Crippen LogP contribution >= 0.6 is 27.5 Å². The molecular formula is C17H17BrClFN6O2. The van der Waals surface area contributed by atoms with E-state index in [1.54, 1.807) is 12.1 Å². The van der Waals surface area contributed by atoms with Crippen molar-refractivity contribution in [3.63, 3.8) is 0 Å². The van der Waals surface area contributed by atoms with E-state index in [9.17, 15) is 4.39 Å². The quantitative estimate of drug-likeness (QED) is 0.518. The second-order valence-electron chi connectivity index (χ2n) is 5.63. The Morgan fingerprint density at radius 3 is 2.68 bits per heavy atom. The van der Waals surface area contributed by atoms with Gasteiger partial charge in [0, 0.05) is 10.0 Å². The smallest absolute Gasteiger partial charge is 0.260 e. The van der Waals surface area contributed by atoms with Gasteiger partial charge in [-0.3, -0.25) is 0 Å². The van der Waals surface area contributed by atoms with E-state index < -0.39 is 5.82 Å². The highest BCUT2D eigenvalue weighted by Crippen LogP contribution is 2.35. The number of nitrogens with one attached hydrogen (secondary N) is 1. The maximum absolute atomic E-state index is 13.2. The molecule has 3 aromatic rings. The summed E-state index contributed by atoms with van der Waals surface area (Å²) < 4.78 is 25.5. The fourth-order valence-corrected chi connectivity index (χ4v) is 3.04. The van der Waals surface area contributed by atoms with Crippen LogP contribution in [-0.4, -0.2) is 26.9 Å². The van der Waals surface area contributed by atoms with Crippen molar-refractivity contribution in [2.45, 2.75) is 20.1 Å². The molecule has 0 aliphatic heterocycles. The summed E-state index contributed by atoms with van der Waals surface area (Å²) in [6.07, 6.45) is 0. The summed E-state index contributed by atoms with van der Waals surface area (Å²) in [6.45, 7) is 2.90. The first-order valence-corrected chi connectivity index (χ1v) is 9.44. The van der Waals surface area contributed by atoms with Gasteiger partial charge in [0.1, 0.15) is 12.4 Å². The summed E-state index contributed by atoms with van der Waals surface area (Å²) in [7, 11) is 0. The third kappa shape index (κ3) is 4.82. The largest absolute Gasteiger partial charge is 0.490 e. The first-order valence-electron chi connectivity index (χ1n) is 8.27. The highest BCUT2D eigenvalue weighted by Gasteiger charge is 2.13. The summed E-state index contributed by atoms with van der Waals surface area (Å²) in [6, 6.07) is 7.80. The molecule has 1 aromatic heterocycles. The minimum Gasteiger partial charge on any atom is -0.490 e. The average molecular weight is 472 g/mol. The minimum atomic E-state index is -0.397. The van der Waals surface area contributed by atoms with E-state index in [2.05, 4.69) is 36.9 Å². The van der Waals surface area contributed by atoms with E-state index >= 15 is 0 Å². The second kappa shape index (κ2) is 9.07. The first-order chi connectivity index (χ1) is 13.5. The number of tetrazole rings is 1. The molecule has 0 fully saturated rings. The number of benzene rings is 2. The zero-order valence-corrected chi connectivity index (χ0v) is 17.2. The van der Waals surface area contributed by atoms with Crippen LogP contribution < -0.4 is 20.6 Å². The van der Waals surface area contributed by atoms with Crippen molar-refractivity contribution >= 4 is 33.5 Å². The van der Waals surface area contributed by atoms with Crippen LogP contribution in [0.4, 0.5) is 10.3 Å². The van der Waals surface area contributed by atoms with Crippen molar-refractivity contribution in [1.29, 1.82) is 0 Å². The van der Waals surface area contributed by atoms with E-state index in [1.807, 2.05) is 13.0 Å². The van der Waals surface area contributed by atoms with Gasteiger partial charge in [-0.15, -0.1) is 4.79 Å². The van der Waals surface area contributed by atoms with Gasteiger partial charge in [-0.25, -0.2) is 4.39 Å². The van der Waals surface area contributed by atoms with Crippen molar-refractivity contribution in [2.24, 2.45) is 0 Å². The van der Waals surface area contributed by atoms with Gasteiger partial charge in [-0.1, -0.05) is 38.7 Å². The summed E-state index contributed by atoms with van der Waals surface area (Å²) in [5.41, 5.74) is 10.2. The molecule has 0 unspecified atom stereocenters. The van der Waals surface area contributed by atoms with Crippen LogP contribution in [0, 0.1) is 5.82 Å². The first kappa shape index (κ1) is 20.2. The van der Waals surface area contributed by atoms with Crippen LogP contribution in [0.15, 0.2) is 34.8 Å². The van der Waals surface area contributed by atoms with E-state index in [0.717, 1.165) is 10.0 Å². The van der Waals surface area contributed by atoms with Gasteiger partial charge in [-0.2, -0.15) is 0 Å². The molecular weight excluding hydrogens is 455 g/mol. The Balaban J connectivity index is 1.77. The predicted molar refractivity (Wildman–Crippen MR) is 106 cm³/mol. The Labute approximate surface area is 173 Å². The molecule has 0 atom stereocenters. The topological polar surface area (TPSA) is 100 Å². The van der Waals surface area contributed by atoms with Crippen LogP contribution in [0.2, 0.25) is 5.02 Å². The molecule has 3 rings (SSSR count). The van der Waals surface area contributed by atoms with Crippen molar-refractivity contribution in [3.8, 4) is 11.5 Å². The number of hydrogen-bond donors (Lipinski definition) is 2. The van der Waals surface area contributed by atoms with E-state index in [1.165, 1.54) is 16.9 Å². The Bertz CT molecular complexity index is 971. The Morgan fingerprint density at radius 2 is 2.00 bits per heavy atom. The lowest BCUT2D eigenvalue weighted by atomic mass is 10.2. The normalized spacial score (nSPS) is 10.7. The molecule has 0 aliphatic rings. The number of rotatable bonds is 8. The van der Waals surface area contributed by atoms with Crippen molar-refractivity contribution in [1.82, 2.24) is 20.3 Å². The van der Waals surface area contributed by atoms with Crippen LogP contribution in [0.25, 0.3) is 0 Å². The van der Waals surface area contributed by atoms with E-state index in [4.69, 9.17) is 26.8 Å². The molecule has 3 N–H and O–H groups in total. The molecule has 0 saturated heterocycles. The number of nitrogens with zero attached hydrogens (tertiary/aromatic N) is 4. The predicted octanol–water partition coefficient (Wildman–Crippen LogP) is 3.53. The van der Waals surface area contributed by atoms with Gasteiger partial charge >= 0.3 is 0 Å². The Hall–Kier alpha value is -2.59. The number of anilines is 1. The molecule has 11 heteroatoms. The molecule has 0 aliphatic carbocycles. The molecule has 28 heavy (non-hydrogen) atoms. The number of aromatic nitrogens is 4. The number of nitrogens with two attached hydrogens (primary N) is 1. The van der Waals surface area contributed by atoms with Crippen LogP contribution in [0.5, 0.6) is 11.5 Å². The van der Waals surface area contributed by atoms with Gasteiger partial charge < -0.3 is 20.6 Å². The Morgan fingerprint density at radius 1 is 1.21 bits per heavy atom. The molecule has 8 nitrogen and oxygen atoms in total. The van der Waals surface area contributed by atoms with Crippen molar-refractivity contribution in [2.75, 3.05) is 17.8 Å². The number of hydrogen-bond acceptors (Lipinski definition) is 7. The standard InChI is InChI=1S/C17H17BrClFN6O2/c1-2-27-15-5-11(8-22-26-17(21)23-24-25-26)13(18)7-16(15)28-9-10-3-4-12(20)6-14(10)19/h3-7,22H,2,8-9H2,1H3,(H2,21,23,25). The van der Waals surface area contributed by atoms with Crippen molar-refractivity contribution < 1.29 is 13.9 Å². The number of ether oxygens (including phenoxy) is 2. The van der Waals surface area contributed by atoms with Gasteiger partial charge in [0.25, 0.3) is 5.95 Å². The summed E-state index contributed by atoms with van der Waals surface area (Å²) in [4.78, 5) is 1.27. The monoisotopic (exact) mass is 470 g/mol. The molecule has 0 amide bonds. The SMILES string of the molecule is CCOc1cc(CNn2nnnc2N)c(Br)cc1OCc1ccc(F)cc1Cl. The van der Waals surface area contributed by atoms with Crippen molar-refractivity contribution in [3.05, 3.63) is 56.8 Å². The lowest BCUT2D eigenvalue weighted by Gasteiger charge is -2.16. The minimum absolute atomic E-state index is 0.150. The highest BCUT2D eigenvalue weighted by molar-refractivity contribution is 9.10. The fraction of sp³-hybridized carbons (Fsp3) is 0.235. The van der Waals surface area contributed by atoms with Gasteiger partial charge in [0.15, 0.2) is 11.5 Å². The summed E-state index contributed by atoms with van der Waals surface area (Å²) in [5, 5.41) is 11.1. The maximum Gasteiger partial charge on any atom is 0.260 e. The molecule has 0 radical (unpaired) electrons. The molecule has 2 aromatic carbocycles. The number of nitrogen functional groups attached to an aromatic ring is 1. The summed E-state index contributed by atoms with van der Waals surface area (Å²) in [5.74, 6) is 0.842. The highest BCUT2D eigenvalue weighted by atomic mass is 79.9. The van der Waals surface area contributed by atoms with E-state index in [0.29, 0.717) is 35.2 Å². The fourth-order valence-electron chi connectivity index (χ4n) is 2.35. The van der Waals surface area contributed by atoms with Gasteiger partial charge in [0.2, 0.25) is 0 Å².